The highest BCUT2D eigenvalue weighted by Crippen LogP contribution is 2.20. The monoisotopic (exact) mass is 261 g/mol. The molecule has 0 fully saturated rings. The van der Waals surface area contributed by atoms with Crippen LogP contribution in [-0.4, -0.2) is 19.6 Å². The smallest absolute Gasteiger partial charge is 0.164 e. The SMILES string of the molecule is Cn1nc(Cn2cc(Cl)c(N)n2)c2ccccc21. The number of hydrogen-bond acceptors (Lipinski definition) is 3. The lowest BCUT2D eigenvalue weighted by Gasteiger charge is -1.97. The summed E-state index contributed by atoms with van der Waals surface area (Å²) in [4.78, 5) is 0. The average molecular weight is 262 g/mol. The highest BCUT2D eigenvalue weighted by atomic mass is 35.5. The second-order valence-corrected chi connectivity index (χ2v) is 4.55. The van der Waals surface area contributed by atoms with Crippen molar-refractivity contribution >= 4 is 28.3 Å². The van der Waals surface area contributed by atoms with E-state index in [2.05, 4.69) is 10.2 Å². The molecule has 1 aromatic carbocycles. The Bertz CT molecular complexity index is 693. The molecule has 3 aromatic rings. The fraction of sp³-hybridized carbons (Fsp3) is 0.167. The number of nitrogens with zero attached hydrogens (tertiary/aromatic N) is 4. The second-order valence-electron chi connectivity index (χ2n) is 4.15. The first-order valence-electron chi connectivity index (χ1n) is 5.54. The number of hydrogen-bond donors (Lipinski definition) is 1. The molecule has 2 aromatic heterocycles. The minimum atomic E-state index is 0.344. The van der Waals surface area contributed by atoms with Gasteiger partial charge >= 0.3 is 0 Å². The molecule has 0 atom stereocenters. The molecule has 3 rings (SSSR count). The second kappa shape index (κ2) is 4.03. The van der Waals surface area contributed by atoms with Gasteiger partial charge in [-0.3, -0.25) is 9.36 Å². The maximum Gasteiger partial charge on any atom is 0.164 e. The normalized spacial score (nSPS) is 11.2. The summed E-state index contributed by atoms with van der Waals surface area (Å²) in [6.07, 6.45) is 1.71. The van der Waals surface area contributed by atoms with E-state index in [9.17, 15) is 0 Å². The summed E-state index contributed by atoms with van der Waals surface area (Å²) in [6.45, 7) is 0.554. The van der Waals surface area contributed by atoms with Crippen LogP contribution < -0.4 is 5.73 Å². The van der Waals surface area contributed by atoms with Crippen LogP contribution in [0.15, 0.2) is 30.5 Å². The van der Waals surface area contributed by atoms with Gasteiger partial charge in [0.2, 0.25) is 0 Å². The Morgan fingerprint density at radius 2 is 2.06 bits per heavy atom. The maximum absolute atomic E-state index is 5.89. The van der Waals surface area contributed by atoms with Crippen LogP contribution in [-0.2, 0) is 13.6 Å². The summed E-state index contributed by atoms with van der Waals surface area (Å²) in [5.41, 5.74) is 7.67. The van der Waals surface area contributed by atoms with Crippen LogP contribution in [0.25, 0.3) is 10.9 Å². The topological polar surface area (TPSA) is 61.7 Å². The number of fused-ring (bicyclic) bond motifs is 1. The van der Waals surface area contributed by atoms with Crippen molar-refractivity contribution in [3.63, 3.8) is 0 Å². The number of para-hydroxylation sites is 1. The molecule has 92 valence electrons. The van der Waals surface area contributed by atoms with Crippen molar-refractivity contribution in [3.05, 3.63) is 41.2 Å². The standard InChI is InChI=1S/C12H12ClN5/c1-17-11-5-3-2-4-8(11)10(15-17)7-18-6-9(13)12(14)16-18/h2-6H,7H2,1H3,(H2,14,16). The number of anilines is 1. The Labute approximate surface area is 109 Å². The predicted octanol–water partition coefficient (Wildman–Crippen LogP) is 2.05. The summed E-state index contributed by atoms with van der Waals surface area (Å²) < 4.78 is 3.56. The first-order chi connectivity index (χ1) is 8.65. The van der Waals surface area contributed by atoms with Crippen molar-refractivity contribution in [3.8, 4) is 0 Å². The molecule has 0 saturated heterocycles. The van der Waals surface area contributed by atoms with Gasteiger partial charge in [-0.2, -0.15) is 10.2 Å². The molecule has 0 aliphatic carbocycles. The first-order valence-corrected chi connectivity index (χ1v) is 5.92. The summed E-state index contributed by atoms with van der Waals surface area (Å²) >= 11 is 5.89. The van der Waals surface area contributed by atoms with Gasteiger partial charge in [-0.15, -0.1) is 0 Å². The third-order valence-electron chi connectivity index (χ3n) is 2.89. The highest BCUT2D eigenvalue weighted by molar-refractivity contribution is 6.32. The molecule has 2 heterocycles. The van der Waals surface area contributed by atoms with Crippen LogP contribution >= 0.6 is 11.6 Å². The summed E-state index contributed by atoms with van der Waals surface area (Å²) in [6, 6.07) is 8.08. The van der Waals surface area contributed by atoms with Crippen molar-refractivity contribution in [1.29, 1.82) is 0 Å². The number of benzene rings is 1. The van der Waals surface area contributed by atoms with Crippen LogP contribution in [0.3, 0.4) is 0 Å². The van der Waals surface area contributed by atoms with Crippen LogP contribution in [0.4, 0.5) is 5.82 Å². The van der Waals surface area contributed by atoms with E-state index in [1.54, 1.807) is 10.9 Å². The molecule has 0 saturated carbocycles. The largest absolute Gasteiger partial charge is 0.381 e. The Morgan fingerprint density at radius 3 is 2.78 bits per heavy atom. The number of nitrogens with two attached hydrogens (primary N) is 1. The van der Waals surface area contributed by atoms with Gasteiger partial charge in [0.05, 0.1) is 17.8 Å². The Balaban J connectivity index is 2.05. The zero-order chi connectivity index (χ0) is 12.7. The van der Waals surface area contributed by atoms with Gasteiger partial charge in [0.25, 0.3) is 0 Å². The zero-order valence-corrected chi connectivity index (χ0v) is 10.6. The molecule has 0 spiro atoms. The molecule has 5 nitrogen and oxygen atoms in total. The number of nitrogen functional groups attached to an aromatic ring is 1. The maximum atomic E-state index is 5.89. The Morgan fingerprint density at radius 1 is 1.28 bits per heavy atom. The van der Waals surface area contributed by atoms with Gasteiger partial charge in [-0.05, 0) is 6.07 Å². The average Bonchev–Trinajstić information content (AvgIpc) is 2.83. The molecule has 0 bridgehead atoms. The molecule has 0 aliphatic heterocycles. The van der Waals surface area contributed by atoms with Crippen molar-refractivity contribution in [2.24, 2.45) is 7.05 Å². The van der Waals surface area contributed by atoms with E-state index in [1.807, 2.05) is 36.0 Å². The van der Waals surface area contributed by atoms with E-state index in [4.69, 9.17) is 17.3 Å². The van der Waals surface area contributed by atoms with Crippen molar-refractivity contribution in [2.45, 2.75) is 6.54 Å². The third kappa shape index (κ3) is 1.73. The molecule has 6 heteroatoms. The molecule has 0 radical (unpaired) electrons. The lowest BCUT2D eigenvalue weighted by Crippen LogP contribution is -2.02. The van der Waals surface area contributed by atoms with Gasteiger partial charge < -0.3 is 5.73 Å². The molecular formula is C12H12ClN5. The fourth-order valence-corrected chi connectivity index (χ4v) is 2.20. The van der Waals surface area contributed by atoms with Crippen LogP contribution in [0.1, 0.15) is 5.69 Å². The Hall–Kier alpha value is -2.01. The van der Waals surface area contributed by atoms with Gasteiger partial charge in [0.1, 0.15) is 5.02 Å². The van der Waals surface area contributed by atoms with E-state index in [1.165, 1.54) is 0 Å². The molecule has 18 heavy (non-hydrogen) atoms. The minimum absolute atomic E-state index is 0.344. The van der Waals surface area contributed by atoms with E-state index in [0.717, 1.165) is 16.6 Å². The van der Waals surface area contributed by atoms with Gasteiger partial charge in [-0.25, -0.2) is 0 Å². The lowest BCUT2D eigenvalue weighted by molar-refractivity contribution is 0.658. The number of aromatic nitrogens is 4. The summed E-state index contributed by atoms with van der Waals surface area (Å²) in [7, 11) is 1.93. The van der Waals surface area contributed by atoms with Gasteiger partial charge in [0.15, 0.2) is 5.82 Å². The van der Waals surface area contributed by atoms with Gasteiger partial charge in [0, 0.05) is 18.6 Å². The predicted molar refractivity (Wildman–Crippen MR) is 71.5 cm³/mol. The number of rotatable bonds is 2. The van der Waals surface area contributed by atoms with E-state index in [-0.39, 0.29) is 0 Å². The number of aryl methyl sites for hydroxylation is 1. The summed E-state index contributed by atoms with van der Waals surface area (Å²) in [5.74, 6) is 0.344. The van der Waals surface area contributed by atoms with E-state index >= 15 is 0 Å². The van der Waals surface area contributed by atoms with Crippen LogP contribution in [0.5, 0.6) is 0 Å². The fourth-order valence-electron chi connectivity index (χ4n) is 2.05. The summed E-state index contributed by atoms with van der Waals surface area (Å²) in [5, 5.41) is 10.2. The molecule has 0 unspecified atom stereocenters. The van der Waals surface area contributed by atoms with Crippen molar-refractivity contribution in [1.82, 2.24) is 19.6 Å². The van der Waals surface area contributed by atoms with Crippen molar-refractivity contribution in [2.75, 3.05) is 5.73 Å². The zero-order valence-electron chi connectivity index (χ0n) is 9.84. The molecule has 0 amide bonds. The highest BCUT2D eigenvalue weighted by Gasteiger charge is 2.10. The quantitative estimate of drug-likeness (QED) is 0.768. The van der Waals surface area contributed by atoms with E-state index in [0.29, 0.717) is 17.4 Å². The van der Waals surface area contributed by atoms with E-state index < -0.39 is 0 Å². The van der Waals surface area contributed by atoms with Crippen LogP contribution in [0.2, 0.25) is 5.02 Å². The Kier molecular flexibility index (Phi) is 2.48. The molecule has 2 N–H and O–H groups in total. The first kappa shape index (κ1) is 11.1. The van der Waals surface area contributed by atoms with Crippen LogP contribution in [0, 0.1) is 0 Å². The third-order valence-corrected chi connectivity index (χ3v) is 3.18. The lowest BCUT2D eigenvalue weighted by atomic mass is 10.2. The number of halogens is 1. The van der Waals surface area contributed by atoms with Crippen molar-refractivity contribution < 1.29 is 0 Å². The molecular weight excluding hydrogens is 250 g/mol. The van der Waals surface area contributed by atoms with Gasteiger partial charge in [-0.1, -0.05) is 29.8 Å². The molecule has 0 aliphatic rings. The minimum Gasteiger partial charge on any atom is -0.381 e.